The first-order chi connectivity index (χ1) is 14.9. The maximum Gasteiger partial charge on any atom is 0.258 e. The van der Waals surface area contributed by atoms with Gasteiger partial charge in [-0.3, -0.25) is 14.2 Å². The molecule has 0 atom stereocenters. The van der Waals surface area contributed by atoms with Crippen molar-refractivity contribution in [1.82, 2.24) is 19.3 Å². The molecule has 31 heavy (non-hydrogen) atoms. The Hall–Kier alpha value is -3.74. The number of aryl methyl sites for hydroxylation is 3. The van der Waals surface area contributed by atoms with Gasteiger partial charge in [0.05, 0.1) is 11.4 Å². The van der Waals surface area contributed by atoms with E-state index in [9.17, 15) is 9.59 Å². The number of carbonyl (C=O) groups excluding carboxylic acids is 1. The molecule has 4 rings (SSSR count). The van der Waals surface area contributed by atoms with Crippen LogP contribution in [0.2, 0.25) is 0 Å². The van der Waals surface area contributed by atoms with Gasteiger partial charge >= 0.3 is 0 Å². The van der Waals surface area contributed by atoms with E-state index in [1.54, 1.807) is 4.68 Å². The highest BCUT2D eigenvalue weighted by Crippen LogP contribution is 2.23. The Morgan fingerprint density at radius 1 is 1.06 bits per heavy atom. The van der Waals surface area contributed by atoms with Gasteiger partial charge in [0.25, 0.3) is 5.56 Å². The molecule has 0 unspecified atom stereocenters. The lowest BCUT2D eigenvalue weighted by molar-refractivity contribution is -0.116. The molecule has 0 bridgehead atoms. The highest BCUT2D eigenvalue weighted by Gasteiger charge is 2.19. The van der Waals surface area contributed by atoms with Crippen molar-refractivity contribution in [3.05, 3.63) is 81.5 Å². The molecular formula is C24H25N5O2. The molecule has 0 aliphatic rings. The molecule has 2 aromatic carbocycles. The highest BCUT2D eigenvalue weighted by molar-refractivity contribution is 6.02. The summed E-state index contributed by atoms with van der Waals surface area (Å²) in [5, 5.41) is 9.41. The maximum absolute atomic E-state index is 13.2. The average Bonchev–Trinajstić information content (AvgIpc) is 3.08. The van der Waals surface area contributed by atoms with Gasteiger partial charge in [-0.1, -0.05) is 43.3 Å². The minimum Gasteiger partial charge on any atom is -0.324 e. The number of fused-ring (bicyclic) bond motifs is 1. The summed E-state index contributed by atoms with van der Waals surface area (Å²) in [6.07, 6.45) is 0.542. The van der Waals surface area contributed by atoms with Gasteiger partial charge in [0.1, 0.15) is 6.54 Å². The summed E-state index contributed by atoms with van der Waals surface area (Å²) in [6, 6.07) is 15.5. The molecule has 1 N–H and O–H groups in total. The van der Waals surface area contributed by atoms with Crippen molar-refractivity contribution in [3.8, 4) is 5.95 Å². The van der Waals surface area contributed by atoms with Gasteiger partial charge in [-0.25, -0.2) is 9.67 Å². The summed E-state index contributed by atoms with van der Waals surface area (Å²) in [6.45, 7) is 7.35. The predicted molar refractivity (Wildman–Crippen MR) is 122 cm³/mol. The number of anilines is 1. The van der Waals surface area contributed by atoms with Crippen molar-refractivity contribution in [1.29, 1.82) is 0 Å². The third-order valence-corrected chi connectivity index (χ3v) is 5.37. The molecule has 7 nitrogen and oxygen atoms in total. The van der Waals surface area contributed by atoms with E-state index in [1.807, 2.05) is 76.2 Å². The summed E-state index contributed by atoms with van der Waals surface area (Å²) >= 11 is 0. The zero-order chi connectivity index (χ0) is 22.1. The van der Waals surface area contributed by atoms with Gasteiger partial charge in [-0.15, -0.1) is 0 Å². The number of benzene rings is 2. The number of rotatable bonds is 5. The second-order valence-corrected chi connectivity index (χ2v) is 7.63. The Balaban J connectivity index is 1.75. The van der Waals surface area contributed by atoms with E-state index in [0.29, 0.717) is 29.3 Å². The monoisotopic (exact) mass is 415 g/mol. The standard InChI is InChI=1S/C24H25N5O2/c1-5-19-17(4)25-24(29-16(3)13-15(2)27-29)28(23(19)31)14-22(30)26-21-12-8-10-18-9-6-7-11-20(18)21/h6-13H,5,14H2,1-4H3,(H,26,30). The number of hydrogen-bond acceptors (Lipinski definition) is 4. The number of hydrogen-bond donors (Lipinski definition) is 1. The molecular weight excluding hydrogens is 390 g/mol. The average molecular weight is 415 g/mol. The fourth-order valence-corrected chi connectivity index (χ4v) is 3.90. The first-order valence-corrected chi connectivity index (χ1v) is 10.3. The number of aromatic nitrogens is 4. The van der Waals surface area contributed by atoms with E-state index >= 15 is 0 Å². The highest BCUT2D eigenvalue weighted by atomic mass is 16.2. The normalized spacial score (nSPS) is 11.1. The van der Waals surface area contributed by atoms with Crippen LogP contribution >= 0.6 is 0 Å². The molecule has 7 heteroatoms. The zero-order valence-electron chi connectivity index (χ0n) is 18.1. The second kappa shape index (κ2) is 8.18. The summed E-state index contributed by atoms with van der Waals surface area (Å²) in [5.74, 6) is 0.0484. The molecule has 0 spiro atoms. The van der Waals surface area contributed by atoms with Crippen molar-refractivity contribution in [2.24, 2.45) is 0 Å². The van der Waals surface area contributed by atoms with Crippen LogP contribution in [0.4, 0.5) is 5.69 Å². The minimum absolute atomic E-state index is 0.157. The largest absolute Gasteiger partial charge is 0.324 e. The Bertz CT molecular complexity index is 1340. The van der Waals surface area contributed by atoms with Gasteiger partial charge in [0.15, 0.2) is 0 Å². The Morgan fingerprint density at radius 2 is 1.81 bits per heavy atom. The number of carbonyl (C=O) groups is 1. The lowest BCUT2D eigenvalue weighted by Gasteiger charge is -2.16. The lowest BCUT2D eigenvalue weighted by atomic mass is 10.1. The van der Waals surface area contributed by atoms with Crippen molar-refractivity contribution in [3.63, 3.8) is 0 Å². The van der Waals surface area contributed by atoms with Gasteiger partial charge < -0.3 is 5.32 Å². The number of amides is 1. The van der Waals surface area contributed by atoms with E-state index in [4.69, 9.17) is 0 Å². The molecule has 0 aliphatic heterocycles. The van der Waals surface area contributed by atoms with Gasteiger partial charge in [-0.05, 0) is 44.7 Å². The SMILES string of the molecule is CCc1c(C)nc(-n2nc(C)cc2C)n(CC(=O)Nc2cccc3ccccc23)c1=O. The van der Waals surface area contributed by atoms with Crippen molar-refractivity contribution in [2.75, 3.05) is 5.32 Å². The van der Waals surface area contributed by atoms with Gasteiger partial charge in [0, 0.05) is 22.3 Å². The quantitative estimate of drug-likeness (QED) is 0.539. The third-order valence-electron chi connectivity index (χ3n) is 5.37. The predicted octanol–water partition coefficient (Wildman–Crippen LogP) is 3.71. The molecule has 0 saturated heterocycles. The van der Waals surface area contributed by atoms with Crippen LogP contribution in [0.1, 0.15) is 29.6 Å². The van der Waals surface area contributed by atoms with Crippen molar-refractivity contribution < 1.29 is 4.79 Å². The fraction of sp³-hybridized carbons (Fsp3) is 0.250. The molecule has 0 aliphatic carbocycles. The molecule has 2 aromatic heterocycles. The van der Waals surface area contributed by atoms with Gasteiger partial charge in [0.2, 0.25) is 11.9 Å². The molecule has 158 valence electrons. The molecule has 4 aromatic rings. The first kappa shape index (κ1) is 20.5. The Kier molecular flexibility index (Phi) is 5.42. The smallest absolute Gasteiger partial charge is 0.258 e. The van der Waals surface area contributed by atoms with Crippen LogP contribution in [-0.4, -0.2) is 25.2 Å². The van der Waals surface area contributed by atoms with E-state index in [-0.39, 0.29) is 18.0 Å². The summed E-state index contributed by atoms with van der Waals surface area (Å²) < 4.78 is 3.03. The van der Waals surface area contributed by atoms with Crippen LogP contribution in [0.5, 0.6) is 0 Å². The third kappa shape index (κ3) is 3.86. The second-order valence-electron chi connectivity index (χ2n) is 7.63. The van der Waals surface area contributed by atoms with Crippen molar-refractivity contribution in [2.45, 2.75) is 40.7 Å². The number of nitrogens with zero attached hydrogens (tertiary/aromatic N) is 4. The van der Waals surface area contributed by atoms with Crippen LogP contribution in [0, 0.1) is 20.8 Å². The van der Waals surface area contributed by atoms with E-state index in [0.717, 1.165) is 22.2 Å². The Morgan fingerprint density at radius 3 is 2.52 bits per heavy atom. The van der Waals surface area contributed by atoms with E-state index in [1.165, 1.54) is 4.57 Å². The molecule has 0 radical (unpaired) electrons. The van der Waals surface area contributed by atoms with Crippen LogP contribution in [0.15, 0.2) is 53.3 Å². The zero-order valence-corrected chi connectivity index (χ0v) is 18.1. The number of nitrogens with one attached hydrogen (secondary N) is 1. The molecule has 0 fully saturated rings. The Labute approximate surface area is 180 Å². The van der Waals surface area contributed by atoms with Crippen LogP contribution < -0.4 is 10.9 Å². The molecule has 1 amide bonds. The van der Waals surface area contributed by atoms with Crippen molar-refractivity contribution >= 4 is 22.4 Å². The molecule has 0 saturated carbocycles. The fourth-order valence-electron chi connectivity index (χ4n) is 3.90. The lowest BCUT2D eigenvalue weighted by Crippen LogP contribution is -2.34. The van der Waals surface area contributed by atoms with Crippen LogP contribution in [-0.2, 0) is 17.8 Å². The van der Waals surface area contributed by atoms with Crippen LogP contribution in [0.3, 0.4) is 0 Å². The summed E-state index contributed by atoms with van der Waals surface area (Å²) in [4.78, 5) is 30.9. The van der Waals surface area contributed by atoms with Crippen LogP contribution in [0.25, 0.3) is 16.7 Å². The van der Waals surface area contributed by atoms with E-state index in [2.05, 4.69) is 15.4 Å². The first-order valence-electron chi connectivity index (χ1n) is 10.3. The summed E-state index contributed by atoms with van der Waals surface area (Å²) in [7, 11) is 0. The summed E-state index contributed by atoms with van der Waals surface area (Å²) in [5.41, 5.74) is 3.40. The molecule has 2 heterocycles. The van der Waals surface area contributed by atoms with E-state index < -0.39 is 0 Å². The maximum atomic E-state index is 13.2. The van der Waals surface area contributed by atoms with Gasteiger partial charge in [-0.2, -0.15) is 5.10 Å². The minimum atomic E-state index is -0.297. The topological polar surface area (TPSA) is 81.8 Å².